The minimum absolute atomic E-state index is 0.0173. The molecule has 170 valence electrons. The number of hydrogen-bond donors (Lipinski definition) is 1. The molecule has 1 N–H and O–H groups in total. The van der Waals surface area contributed by atoms with Crippen molar-refractivity contribution < 1.29 is 9.90 Å². The summed E-state index contributed by atoms with van der Waals surface area (Å²) < 4.78 is 0.227. The van der Waals surface area contributed by atoms with Crippen molar-refractivity contribution in [3.05, 3.63) is 58.4 Å². The van der Waals surface area contributed by atoms with Gasteiger partial charge in [-0.15, -0.1) is 11.8 Å². The van der Waals surface area contributed by atoms with Gasteiger partial charge >= 0.3 is 5.97 Å². The van der Waals surface area contributed by atoms with Gasteiger partial charge in [-0.1, -0.05) is 65.9 Å². The number of aromatic nitrogens is 1. The topological polar surface area (TPSA) is 50.2 Å². The zero-order chi connectivity index (χ0) is 23.4. The Morgan fingerprint density at radius 3 is 2.56 bits per heavy atom. The molecule has 0 amide bonds. The Morgan fingerprint density at radius 2 is 1.91 bits per heavy atom. The van der Waals surface area contributed by atoms with Crippen molar-refractivity contribution in [3.8, 4) is 11.8 Å². The quantitative estimate of drug-likeness (QED) is 0.374. The highest BCUT2D eigenvalue weighted by Gasteiger charge is 2.38. The molecule has 1 aliphatic rings. The number of carboxylic acid groups (broad SMARTS) is 1. The van der Waals surface area contributed by atoms with Crippen LogP contribution in [0.3, 0.4) is 0 Å². The first-order valence-corrected chi connectivity index (χ1v) is 12.5. The Morgan fingerprint density at radius 1 is 1.12 bits per heavy atom. The maximum Gasteiger partial charge on any atom is 0.307 e. The molecule has 0 unspecified atom stereocenters. The third-order valence-corrected chi connectivity index (χ3v) is 7.25. The molecule has 1 aromatic heterocycles. The van der Waals surface area contributed by atoms with Crippen LogP contribution in [-0.2, 0) is 23.1 Å². The minimum atomic E-state index is -0.851. The maximum atomic E-state index is 10.9. The first-order chi connectivity index (χ1) is 15.1. The largest absolute Gasteiger partial charge is 0.481 e. The van der Waals surface area contributed by atoms with Crippen LogP contribution in [0.1, 0.15) is 94.7 Å². The summed E-state index contributed by atoms with van der Waals surface area (Å²) in [6.45, 7) is 11.6. The summed E-state index contributed by atoms with van der Waals surface area (Å²) in [7, 11) is 0. The Labute approximate surface area is 197 Å². The summed E-state index contributed by atoms with van der Waals surface area (Å²) in [5.41, 5.74) is 5.30. The molecular weight excluding hydrogens is 414 g/mol. The fourth-order valence-corrected chi connectivity index (χ4v) is 6.38. The SMILES string of the molecule is CCCCCCc1cc2c(cc1C#Cc1ccc(CC(=O)O)cn1)C(C)(C)CC(C)(C)S2. The molecule has 0 spiro atoms. The summed E-state index contributed by atoms with van der Waals surface area (Å²) in [4.78, 5) is 16.6. The number of thioether (sulfide) groups is 1. The fourth-order valence-electron chi connectivity index (χ4n) is 4.70. The third kappa shape index (κ3) is 6.39. The summed E-state index contributed by atoms with van der Waals surface area (Å²) in [6.07, 6.45) is 8.70. The highest BCUT2D eigenvalue weighted by atomic mass is 32.2. The number of rotatable bonds is 7. The van der Waals surface area contributed by atoms with E-state index in [1.54, 1.807) is 12.3 Å². The fraction of sp³-hybridized carbons (Fsp3) is 0.500. The highest BCUT2D eigenvalue weighted by molar-refractivity contribution is 8.00. The lowest BCUT2D eigenvalue weighted by atomic mass is 9.76. The Kier molecular flexibility index (Phi) is 7.72. The number of benzene rings is 1. The second-order valence-electron chi connectivity index (χ2n) is 10.1. The molecular formula is C28H35NO2S. The first kappa shape index (κ1) is 24.4. The van der Waals surface area contributed by atoms with Crippen molar-refractivity contribution >= 4 is 17.7 Å². The summed E-state index contributed by atoms with van der Waals surface area (Å²) >= 11 is 2.00. The van der Waals surface area contributed by atoms with E-state index < -0.39 is 5.97 Å². The van der Waals surface area contributed by atoms with E-state index in [1.807, 2.05) is 17.8 Å². The van der Waals surface area contributed by atoms with Gasteiger partial charge < -0.3 is 5.11 Å². The van der Waals surface area contributed by atoms with E-state index in [-0.39, 0.29) is 16.6 Å². The van der Waals surface area contributed by atoms with Crippen LogP contribution < -0.4 is 0 Å². The molecule has 0 saturated carbocycles. The van der Waals surface area contributed by atoms with Gasteiger partial charge in [0, 0.05) is 21.4 Å². The normalized spacial score (nSPS) is 16.0. The van der Waals surface area contributed by atoms with E-state index in [0.717, 1.165) is 18.4 Å². The van der Waals surface area contributed by atoms with Crippen molar-refractivity contribution in [2.45, 2.75) is 94.6 Å². The van der Waals surface area contributed by atoms with Crippen molar-refractivity contribution in [1.29, 1.82) is 0 Å². The molecule has 0 saturated heterocycles. The van der Waals surface area contributed by atoms with Crippen LogP contribution in [0.2, 0.25) is 0 Å². The van der Waals surface area contributed by atoms with Gasteiger partial charge in [0.05, 0.1) is 6.42 Å². The lowest BCUT2D eigenvalue weighted by molar-refractivity contribution is -0.136. The number of carbonyl (C=O) groups is 1. The molecule has 0 radical (unpaired) electrons. The average Bonchev–Trinajstić information content (AvgIpc) is 2.69. The zero-order valence-electron chi connectivity index (χ0n) is 20.0. The van der Waals surface area contributed by atoms with Crippen LogP contribution in [0, 0.1) is 11.8 Å². The minimum Gasteiger partial charge on any atom is -0.481 e. The average molecular weight is 450 g/mol. The number of nitrogens with zero attached hydrogens (tertiary/aromatic N) is 1. The lowest BCUT2D eigenvalue weighted by Crippen LogP contribution is -2.33. The number of carboxylic acids is 1. The molecule has 32 heavy (non-hydrogen) atoms. The van der Waals surface area contributed by atoms with Crippen molar-refractivity contribution in [1.82, 2.24) is 4.98 Å². The van der Waals surface area contributed by atoms with Gasteiger partial charge in [0.15, 0.2) is 0 Å². The monoisotopic (exact) mass is 449 g/mol. The third-order valence-electron chi connectivity index (χ3n) is 5.99. The van der Waals surface area contributed by atoms with Gasteiger partial charge in [0.25, 0.3) is 0 Å². The molecule has 3 rings (SSSR count). The predicted molar refractivity (Wildman–Crippen MR) is 133 cm³/mol. The second-order valence-corrected chi connectivity index (χ2v) is 11.9. The van der Waals surface area contributed by atoms with Gasteiger partial charge in [-0.3, -0.25) is 4.79 Å². The molecule has 1 aliphatic heterocycles. The lowest BCUT2D eigenvalue weighted by Gasteiger charge is -2.42. The van der Waals surface area contributed by atoms with Crippen LogP contribution in [0.25, 0.3) is 0 Å². The van der Waals surface area contributed by atoms with E-state index in [2.05, 4.69) is 63.6 Å². The van der Waals surface area contributed by atoms with Gasteiger partial charge in [-0.2, -0.15) is 0 Å². The zero-order valence-corrected chi connectivity index (χ0v) is 20.9. The Balaban J connectivity index is 1.95. The number of unbranched alkanes of at least 4 members (excludes halogenated alkanes) is 3. The maximum absolute atomic E-state index is 10.9. The second kappa shape index (κ2) is 10.1. The van der Waals surface area contributed by atoms with Crippen LogP contribution in [0.5, 0.6) is 0 Å². The smallest absolute Gasteiger partial charge is 0.307 e. The number of fused-ring (bicyclic) bond motifs is 1. The van der Waals surface area contributed by atoms with Crippen LogP contribution in [0.15, 0.2) is 35.4 Å². The summed E-state index contributed by atoms with van der Waals surface area (Å²) in [6, 6.07) is 8.32. The number of hydrogen-bond acceptors (Lipinski definition) is 3. The van der Waals surface area contributed by atoms with Crippen molar-refractivity contribution in [2.24, 2.45) is 0 Å². The predicted octanol–water partition coefficient (Wildman–Crippen LogP) is 6.78. The van der Waals surface area contributed by atoms with E-state index in [9.17, 15) is 4.79 Å². The van der Waals surface area contributed by atoms with Gasteiger partial charge in [0.2, 0.25) is 0 Å². The highest BCUT2D eigenvalue weighted by Crippen LogP contribution is 2.51. The van der Waals surface area contributed by atoms with Gasteiger partial charge in [0.1, 0.15) is 5.69 Å². The Hall–Kier alpha value is -2.25. The number of aliphatic carboxylic acids is 1. The molecule has 0 atom stereocenters. The van der Waals surface area contributed by atoms with Gasteiger partial charge in [-0.05, 0) is 65.5 Å². The molecule has 0 bridgehead atoms. The van der Waals surface area contributed by atoms with Crippen LogP contribution in [0.4, 0.5) is 0 Å². The molecule has 2 heterocycles. The molecule has 0 fully saturated rings. The van der Waals surface area contributed by atoms with E-state index >= 15 is 0 Å². The van der Waals surface area contributed by atoms with Crippen molar-refractivity contribution in [2.75, 3.05) is 0 Å². The summed E-state index contributed by atoms with van der Waals surface area (Å²) in [5, 5.41) is 8.94. The Bertz CT molecular complexity index is 1030. The number of aryl methyl sites for hydroxylation is 1. The molecule has 3 nitrogen and oxygen atoms in total. The van der Waals surface area contributed by atoms with E-state index in [0.29, 0.717) is 11.3 Å². The molecule has 0 aliphatic carbocycles. The molecule has 4 heteroatoms. The molecule has 2 aromatic rings. The molecule has 1 aromatic carbocycles. The van der Waals surface area contributed by atoms with Gasteiger partial charge in [-0.25, -0.2) is 4.98 Å². The van der Waals surface area contributed by atoms with Crippen molar-refractivity contribution in [3.63, 3.8) is 0 Å². The van der Waals surface area contributed by atoms with Crippen LogP contribution >= 0.6 is 11.8 Å². The van der Waals surface area contributed by atoms with E-state index in [4.69, 9.17) is 5.11 Å². The van der Waals surface area contributed by atoms with Crippen LogP contribution in [-0.4, -0.2) is 20.8 Å². The summed E-state index contributed by atoms with van der Waals surface area (Å²) in [5.74, 6) is 5.77. The number of pyridine rings is 1. The van der Waals surface area contributed by atoms with E-state index in [1.165, 1.54) is 41.7 Å². The first-order valence-electron chi connectivity index (χ1n) is 11.6. The standard InChI is InChI=1S/C28H35NO2S/c1-6-7-8-9-10-21-17-25-24(27(2,3)19-28(4,5)32-25)16-22(21)12-14-23-13-11-20(18-29-23)15-26(30)31/h11,13,16-18H,6-10,15,19H2,1-5H3,(H,30,31).